The molecule has 1 N–H and O–H groups in total. The lowest BCUT2D eigenvalue weighted by Gasteiger charge is -2.10. The summed E-state index contributed by atoms with van der Waals surface area (Å²) in [4.78, 5) is -0.00482. The first-order valence-electron chi connectivity index (χ1n) is 8.02. The number of benzene rings is 2. The highest BCUT2D eigenvalue weighted by Crippen LogP contribution is 2.27. The smallest absolute Gasteiger partial charge is 0.282 e. The average Bonchev–Trinajstić information content (AvgIpc) is 2.49. The van der Waals surface area contributed by atoms with Crippen LogP contribution in [0.1, 0.15) is 51.0 Å². The fourth-order valence-corrected chi connectivity index (χ4v) is 3.57. The lowest BCUT2D eigenvalue weighted by Crippen LogP contribution is -2.00. The van der Waals surface area contributed by atoms with Gasteiger partial charge in [-0.3, -0.25) is 4.55 Å². The zero-order valence-corrected chi connectivity index (χ0v) is 13.9. The van der Waals surface area contributed by atoms with Crippen molar-refractivity contribution in [1.82, 2.24) is 0 Å². The molecule has 4 heteroatoms. The summed E-state index contributed by atoms with van der Waals surface area (Å²) in [5.41, 5.74) is 1.15. The molecule has 0 aliphatic carbocycles. The second-order valence-corrected chi connectivity index (χ2v) is 7.15. The largest absolute Gasteiger partial charge is 0.295 e. The second-order valence-electron chi connectivity index (χ2n) is 5.76. The summed E-state index contributed by atoms with van der Waals surface area (Å²) in [6, 6.07) is 10.7. The molecule has 0 spiro atoms. The van der Waals surface area contributed by atoms with Crippen molar-refractivity contribution in [2.45, 2.75) is 56.8 Å². The summed E-state index contributed by atoms with van der Waals surface area (Å²) in [7, 11) is -4.18. The van der Waals surface area contributed by atoms with E-state index in [1.807, 2.05) is 18.2 Å². The molecule has 0 aliphatic rings. The Balaban J connectivity index is 2.15. The molecule has 0 radical (unpaired) electrons. The summed E-state index contributed by atoms with van der Waals surface area (Å²) in [5.74, 6) is 0. The molecule has 0 fully saturated rings. The molecular formula is C18H24O3S. The molecule has 0 atom stereocenters. The summed E-state index contributed by atoms with van der Waals surface area (Å²) in [6.07, 6.45) is 8.35. The van der Waals surface area contributed by atoms with Gasteiger partial charge in [0, 0.05) is 5.39 Å². The summed E-state index contributed by atoms with van der Waals surface area (Å²) in [6.45, 7) is 2.21. The molecule has 3 nitrogen and oxygen atoms in total. The first-order valence-corrected chi connectivity index (χ1v) is 9.46. The topological polar surface area (TPSA) is 54.4 Å². The van der Waals surface area contributed by atoms with Crippen LogP contribution < -0.4 is 0 Å². The highest BCUT2D eigenvalue weighted by molar-refractivity contribution is 7.86. The van der Waals surface area contributed by atoms with Crippen molar-refractivity contribution >= 4 is 20.9 Å². The second kappa shape index (κ2) is 7.75. The third kappa shape index (κ3) is 4.31. The maximum Gasteiger partial charge on any atom is 0.295 e. The minimum atomic E-state index is -4.18. The number of fused-ring (bicyclic) bond motifs is 1. The van der Waals surface area contributed by atoms with E-state index >= 15 is 0 Å². The van der Waals surface area contributed by atoms with E-state index in [4.69, 9.17) is 0 Å². The molecule has 2 aromatic carbocycles. The monoisotopic (exact) mass is 320 g/mol. The van der Waals surface area contributed by atoms with Gasteiger partial charge in [-0.15, -0.1) is 0 Å². The summed E-state index contributed by atoms with van der Waals surface area (Å²) in [5, 5.41) is 1.53. The Morgan fingerprint density at radius 1 is 0.864 bits per heavy atom. The van der Waals surface area contributed by atoms with Gasteiger partial charge in [-0.2, -0.15) is 8.42 Å². The van der Waals surface area contributed by atoms with Crippen molar-refractivity contribution in [2.75, 3.05) is 0 Å². The van der Waals surface area contributed by atoms with E-state index in [0.29, 0.717) is 5.39 Å². The Labute approximate surface area is 133 Å². The molecule has 0 saturated carbocycles. The highest BCUT2D eigenvalue weighted by Gasteiger charge is 2.15. The maximum absolute atomic E-state index is 11.5. The number of hydrogen-bond acceptors (Lipinski definition) is 2. The Bertz CT molecular complexity index is 720. The van der Waals surface area contributed by atoms with Gasteiger partial charge in [-0.05, 0) is 29.9 Å². The van der Waals surface area contributed by atoms with Gasteiger partial charge in [-0.25, -0.2) is 0 Å². The van der Waals surface area contributed by atoms with E-state index in [1.165, 1.54) is 38.2 Å². The lowest BCUT2D eigenvalue weighted by molar-refractivity contribution is 0.484. The van der Waals surface area contributed by atoms with Crippen LogP contribution in [0.15, 0.2) is 41.3 Å². The zero-order chi connectivity index (χ0) is 16.0. The fourth-order valence-electron chi connectivity index (χ4n) is 2.87. The number of rotatable bonds is 8. The molecule has 0 unspecified atom stereocenters. The van der Waals surface area contributed by atoms with Gasteiger partial charge in [0.1, 0.15) is 4.90 Å². The van der Waals surface area contributed by atoms with Gasteiger partial charge in [0.2, 0.25) is 0 Å². The van der Waals surface area contributed by atoms with Crippen molar-refractivity contribution in [2.24, 2.45) is 0 Å². The van der Waals surface area contributed by atoms with Crippen molar-refractivity contribution in [3.8, 4) is 0 Å². The van der Waals surface area contributed by atoms with Crippen LogP contribution in [-0.2, 0) is 16.5 Å². The Hall–Kier alpha value is -1.39. The predicted molar refractivity (Wildman–Crippen MR) is 90.8 cm³/mol. The highest BCUT2D eigenvalue weighted by atomic mass is 32.2. The van der Waals surface area contributed by atoms with Crippen LogP contribution in [0, 0.1) is 0 Å². The van der Waals surface area contributed by atoms with Crippen LogP contribution in [0.5, 0.6) is 0 Å². The first-order chi connectivity index (χ1) is 10.5. The zero-order valence-electron chi connectivity index (χ0n) is 13.1. The van der Waals surface area contributed by atoms with Gasteiger partial charge >= 0.3 is 0 Å². The minimum absolute atomic E-state index is 0.00482. The van der Waals surface area contributed by atoms with E-state index in [9.17, 15) is 13.0 Å². The Morgan fingerprint density at radius 2 is 1.50 bits per heavy atom. The quantitative estimate of drug-likeness (QED) is 0.550. The van der Waals surface area contributed by atoms with Crippen LogP contribution in [-0.4, -0.2) is 13.0 Å². The Morgan fingerprint density at radius 3 is 2.18 bits per heavy atom. The molecule has 2 rings (SSSR count). The van der Waals surface area contributed by atoms with Crippen LogP contribution in [0.4, 0.5) is 0 Å². The van der Waals surface area contributed by atoms with Crippen LogP contribution in [0.2, 0.25) is 0 Å². The molecule has 0 aliphatic heterocycles. The number of aryl methyl sites for hydroxylation is 1. The van der Waals surface area contributed by atoms with Gasteiger partial charge in [0.15, 0.2) is 0 Å². The molecule has 0 heterocycles. The molecule has 0 aromatic heterocycles. The van der Waals surface area contributed by atoms with Gasteiger partial charge in [0.05, 0.1) is 0 Å². The van der Waals surface area contributed by atoms with E-state index in [1.54, 1.807) is 12.1 Å². The average molecular weight is 320 g/mol. The summed E-state index contributed by atoms with van der Waals surface area (Å²) < 4.78 is 32.3. The SMILES string of the molecule is CCCCCCCCc1ccc(S(=O)(=O)O)c2ccccc12. The van der Waals surface area contributed by atoms with Crippen molar-refractivity contribution in [3.05, 3.63) is 42.0 Å². The molecule has 22 heavy (non-hydrogen) atoms. The van der Waals surface area contributed by atoms with Crippen molar-refractivity contribution in [3.63, 3.8) is 0 Å². The van der Waals surface area contributed by atoms with Crippen LogP contribution in [0.3, 0.4) is 0 Å². The molecule has 2 aromatic rings. The Kier molecular flexibility index (Phi) is 5.98. The molecular weight excluding hydrogens is 296 g/mol. The standard InChI is InChI=1S/C18H24O3S/c1-2-3-4-5-6-7-10-15-13-14-18(22(19,20)21)17-12-9-8-11-16(15)17/h8-9,11-14H,2-7,10H2,1H3,(H,19,20,21). The fraction of sp³-hybridized carbons (Fsp3) is 0.444. The van der Waals surface area contributed by atoms with E-state index in [-0.39, 0.29) is 4.90 Å². The van der Waals surface area contributed by atoms with Crippen molar-refractivity contribution in [1.29, 1.82) is 0 Å². The molecule has 0 saturated heterocycles. The lowest BCUT2D eigenvalue weighted by atomic mass is 9.99. The number of unbranched alkanes of at least 4 members (excludes halogenated alkanes) is 5. The molecule has 0 amide bonds. The van der Waals surface area contributed by atoms with Gasteiger partial charge in [-0.1, -0.05) is 69.4 Å². The van der Waals surface area contributed by atoms with E-state index in [2.05, 4.69) is 6.92 Å². The normalized spacial score (nSPS) is 11.9. The van der Waals surface area contributed by atoms with Gasteiger partial charge < -0.3 is 0 Å². The number of hydrogen-bond donors (Lipinski definition) is 1. The molecule has 120 valence electrons. The molecule has 0 bridgehead atoms. The van der Waals surface area contributed by atoms with Crippen molar-refractivity contribution < 1.29 is 13.0 Å². The minimum Gasteiger partial charge on any atom is -0.282 e. The third-order valence-electron chi connectivity index (χ3n) is 4.05. The van der Waals surface area contributed by atoms with E-state index < -0.39 is 10.1 Å². The summed E-state index contributed by atoms with van der Waals surface area (Å²) >= 11 is 0. The van der Waals surface area contributed by atoms with Crippen LogP contribution >= 0.6 is 0 Å². The first kappa shape index (κ1) is 17.0. The predicted octanol–water partition coefficient (Wildman–Crippen LogP) is 4.99. The van der Waals surface area contributed by atoms with E-state index in [0.717, 1.165) is 23.8 Å². The third-order valence-corrected chi connectivity index (χ3v) is 4.96. The van der Waals surface area contributed by atoms with Gasteiger partial charge in [0.25, 0.3) is 10.1 Å². The maximum atomic E-state index is 11.5. The van der Waals surface area contributed by atoms with Crippen LogP contribution in [0.25, 0.3) is 10.8 Å².